The smallest absolute Gasteiger partial charge is 0.343 e. The van der Waals surface area contributed by atoms with Crippen molar-refractivity contribution in [1.82, 2.24) is 0 Å². The molecule has 0 radical (unpaired) electrons. The summed E-state index contributed by atoms with van der Waals surface area (Å²) in [5.41, 5.74) is 0.562. The van der Waals surface area contributed by atoms with E-state index in [1.165, 1.54) is 12.8 Å². The molecule has 2 aromatic carbocycles. The van der Waals surface area contributed by atoms with Gasteiger partial charge in [0.05, 0.1) is 5.56 Å². The zero-order chi connectivity index (χ0) is 18.2. The Morgan fingerprint density at radius 2 is 1.68 bits per heavy atom. The van der Waals surface area contributed by atoms with Crippen LogP contribution >= 0.6 is 0 Å². The molecular weight excluding hydrogens is 329 g/mol. The molecule has 0 N–H and O–H groups in total. The molecule has 0 aliphatic heterocycles. The number of benzene rings is 2. The molecule has 0 aliphatic carbocycles. The number of carbonyl (C=O) groups excluding carboxylic acids is 1. The number of hydrogen-bond donors (Lipinski definition) is 0. The second kappa shape index (κ2) is 9.06. The first-order valence-corrected chi connectivity index (χ1v) is 8.14. The molecule has 2 nitrogen and oxygen atoms in total. The molecule has 2 aromatic rings. The molecule has 0 aliphatic rings. The van der Waals surface area contributed by atoms with Crippen LogP contribution in [0.5, 0.6) is 5.75 Å². The van der Waals surface area contributed by atoms with Gasteiger partial charge in [0.25, 0.3) is 0 Å². The van der Waals surface area contributed by atoms with Crippen LogP contribution in [0.15, 0.2) is 42.5 Å². The lowest BCUT2D eigenvalue weighted by molar-refractivity contribution is 0.0733. The second-order valence-corrected chi connectivity index (χ2v) is 5.61. The highest BCUT2D eigenvalue weighted by atomic mass is 19.2. The Balaban J connectivity index is 1.98. The Labute approximate surface area is 144 Å². The van der Waals surface area contributed by atoms with Crippen molar-refractivity contribution < 1.29 is 22.7 Å². The van der Waals surface area contributed by atoms with Crippen LogP contribution in [0, 0.1) is 17.5 Å². The van der Waals surface area contributed by atoms with Gasteiger partial charge in [-0.1, -0.05) is 44.1 Å². The summed E-state index contributed by atoms with van der Waals surface area (Å²) in [4.78, 5) is 11.9. The molecule has 25 heavy (non-hydrogen) atoms. The SMILES string of the molecule is CCCCC/C=C/c1ccc(OC(=O)c2cc(F)c(F)c(F)c2)cc1. The summed E-state index contributed by atoms with van der Waals surface area (Å²) in [5, 5.41) is 0. The predicted octanol–water partition coefficient (Wildman–Crippen LogP) is 5.92. The van der Waals surface area contributed by atoms with Gasteiger partial charge in [-0.25, -0.2) is 18.0 Å². The molecule has 0 amide bonds. The highest BCUT2D eigenvalue weighted by molar-refractivity contribution is 5.91. The zero-order valence-electron chi connectivity index (χ0n) is 13.9. The highest BCUT2D eigenvalue weighted by Crippen LogP contribution is 2.18. The van der Waals surface area contributed by atoms with Gasteiger partial charge in [-0.05, 0) is 42.7 Å². The third kappa shape index (κ3) is 5.48. The van der Waals surface area contributed by atoms with Crippen molar-refractivity contribution in [3.63, 3.8) is 0 Å². The summed E-state index contributed by atoms with van der Waals surface area (Å²) in [6, 6.07) is 7.91. The Morgan fingerprint density at radius 3 is 2.28 bits per heavy atom. The molecule has 132 valence electrons. The third-order valence-corrected chi connectivity index (χ3v) is 3.59. The summed E-state index contributed by atoms with van der Waals surface area (Å²) < 4.78 is 44.3. The molecule has 0 saturated heterocycles. The Bertz CT molecular complexity index is 729. The van der Waals surface area contributed by atoms with E-state index in [2.05, 4.69) is 13.0 Å². The molecule has 0 aromatic heterocycles. The molecule has 2 rings (SSSR count). The molecule has 0 bridgehead atoms. The van der Waals surface area contributed by atoms with Crippen LogP contribution in [0.3, 0.4) is 0 Å². The summed E-state index contributed by atoms with van der Waals surface area (Å²) in [6.45, 7) is 2.15. The van der Waals surface area contributed by atoms with E-state index in [1.807, 2.05) is 6.08 Å². The Kier molecular flexibility index (Phi) is 6.81. The molecule has 0 atom stereocenters. The van der Waals surface area contributed by atoms with Crippen molar-refractivity contribution >= 4 is 12.0 Å². The van der Waals surface area contributed by atoms with Crippen LogP contribution in [0.4, 0.5) is 13.2 Å². The number of ether oxygens (including phenoxy) is 1. The molecule has 0 saturated carbocycles. The van der Waals surface area contributed by atoms with E-state index in [0.29, 0.717) is 12.1 Å². The van der Waals surface area contributed by atoms with Gasteiger partial charge in [-0.3, -0.25) is 0 Å². The van der Waals surface area contributed by atoms with Gasteiger partial charge in [0.15, 0.2) is 17.5 Å². The lowest BCUT2D eigenvalue weighted by Crippen LogP contribution is -2.10. The summed E-state index contributed by atoms with van der Waals surface area (Å²) in [7, 11) is 0. The summed E-state index contributed by atoms with van der Waals surface area (Å²) in [5.74, 6) is -5.21. The van der Waals surface area contributed by atoms with Crippen molar-refractivity contribution in [1.29, 1.82) is 0 Å². The maximum Gasteiger partial charge on any atom is 0.343 e. The van der Waals surface area contributed by atoms with Gasteiger partial charge >= 0.3 is 5.97 Å². The quantitative estimate of drug-likeness (QED) is 0.269. The van der Waals surface area contributed by atoms with Crippen LogP contribution in [0.1, 0.15) is 48.5 Å². The van der Waals surface area contributed by atoms with Crippen LogP contribution in [0.25, 0.3) is 6.08 Å². The fraction of sp³-hybridized carbons (Fsp3) is 0.250. The van der Waals surface area contributed by atoms with Crippen molar-refractivity contribution in [2.45, 2.75) is 32.6 Å². The lowest BCUT2D eigenvalue weighted by atomic mass is 10.1. The Morgan fingerprint density at radius 1 is 1.04 bits per heavy atom. The highest BCUT2D eigenvalue weighted by Gasteiger charge is 2.16. The van der Waals surface area contributed by atoms with Gasteiger partial charge in [0.1, 0.15) is 5.75 Å². The average molecular weight is 348 g/mol. The van der Waals surface area contributed by atoms with E-state index in [0.717, 1.165) is 18.4 Å². The third-order valence-electron chi connectivity index (χ3n) is 3.59. The maximum absolute atomic E-state index is 13.2. The van der Waals surface area contributed by atoms with E-state index in [9.17, 15) is 18.0 Å². The monoisotopic (exact) mass is 348 g/mol. The number of hydrogen-bond acceptors (Lipinski definition) is 2. The first kappa shape index (κ1) is 18.8. The van der Waals surface area contributed by atoms with Crippen molar-refractivity contribution in [2.75, 3.05) is 0 Å². The minimum absolute atomic E-state index is 0.235. The van der Waals surface area contributed by atoms with Crippen molar-refractivity contribution in [2.24, 2.45) is 0 Å². The van der Waals surface area contributed by atoms with Gasteiger partial charge < -0.3 is 4.74 Å². The van der Waals surface area contributed by atoms with Crippen LogP contribution in [-0.4, -0.2) is 5.97 Å². The van der Waals surface area contributed by atoms with E-state index in [4.69, 9.17) is 4.74 Å². The lowest BCUT2D eigenvalue weighted by Gasteiger charge is -2.05. The van der Waals surface area contributed by atoms with E-state index >= 15 is 0 Å². The molecule has 0 fully saturated rings. The van der Waals surface area contributed by atoms with E-state index in [-0.39, 0.29) is 5.75 Å². The van der Waals surface area contributed by atoms with Crippen LogP contribution in [-0.2, 0) is 0 Å². The van der Waals surface area contributed by atoms with Crippen molar-refractivity contribution in [3.8, 4) is 5.75 Å². The number of halogens is 3. The fourth-order valence-electron chi connectivity index (χ4n) is 2.22. The first-order valence-electron chi connectivity index (χ1n) is 8.14. The first-order chi connectivity index (χ1) is 12.0. The normalized spacial score (nSPS) is 11.0. The van der Waals surface area contributed by atoms with Crippen LogP contribution in [0.2, 0.25) is 0 Å². The van der Waals surface area contributed by atoms with Gasteiger partial charge in [0, 0.05) is 0 Å². The summed E-state index contributed by atoms with van der Waals surface area (Å²) in [6.07, 6.45) is 8.59. The number of unbranched alkanes of at least 4 members (excludes halogenated alkanes) is 3. The molecule has 0 heterocycles. The molecule has 5 heteroatoms. The topological polar surface area (TPSA) is 26.3 Å². The van der Waals surface area contributed by atoms with E-state index in [1.54, 1.807) is 24.3 Å². The molecule has 0 spiro atoms. The summed E-state index contributed by atoms with van der Waals surface area (Å²) >= 11 is 0. The standard InChI is InChI=1S/C20H19F3O2/c1-2-3-4-5-6-7-14-8-10-16(11-9-14)25-20(24)15-12-17(21)19(23)18(22)13-15/h6-13H,2-5H2,1H3/b7-6+. The number of carbonyl (C=O) groups is 1. The minimum atomic E-state index is -1.62. The van der Waals surface area contributed by atoms with Gasteiger partial charge in [-0.2, -0.15) is 0 Å². The fourth-order valence-corrected chi connectivity index (χ4v) is 2.22. The Hall–Kier alpha value is -2.56. The number of esters is 1. The molecular formula is C20H19F3O2. The van der Waals surface area contributed by atoms with Gasteiger partial charge in [-0.15, -0.1) is 0 Å². The largest absolute Gasteiger partial charge is 0.423 e. The average Bonchev–Trinajstić information content (AvgIpc) is 2.60. The second-order valence-electron chi connectivity index (χ2n) is 5.61. The molecule has 0 unspecified atom stereocenters. The van der Waals surface area contributed by atoms with Crippen LogP contribution < -0.4 is 4.74 Å². The van der Waals surface area contributed by atoms with Gasteiger partial charge in [0.2, 0.25) is 0 Å². The predicted molar refractivity (Wildman–Crippen MR) is 90.9 cm³/mol. The minimum Gasteiger partial charge on any atom is -0.423 e. The maximum atomic E-state index is 13.2. The number of rotatable bonds is 7. The zero-order valence-corrected chi connectivity index (χ0v) is 13.9. The number of allylic oxidation sites excluding steroid dienone is 1. The van der Waals surface area contributed by atoms with Crippen molar-refractivity contribution in [3.05, 3.63) is 71.1 Å². The van der Waals surface area contributed by atoms with E-state index < -0.39 is 29.0 Å².